The molecule has 0 radical (unpaired) electrons. The van der Waals surface area contributed by atoms with Gasteiger partial charge in [0.1, 0.15) is 0 Å². The summed E-state index contributed by atoms with van der Waals surface area (Å²) in [6.45, 7) is 11.3. The number of rotatable bonds is 8. The lowest BCUT2D eigenvalue weighted by Crippen LogP contribution is -2.56. The second-order valence-corrected chi connectivity index (χ2v) is 5.16. The Labute approximate surface area is 134 Å². The Morgan fingerprint density at radius 1 is 1.43 bits per heavy atom. The summed E-state index contributed by atoms with van der Waals surface area (Å²) >= 11 is 0. The lowest BCUT2D eigenvalue weighted by Gasteiger charge is -2.33. The third-order valence-electron chi connectivity index (χ3n) is 3.45. The number of halogens is 1. The number of carbonyl (C=O) groups excluding carboxylic acids is 2. The first-order valence-electron chi connectivity index (χ1n) is 7.54. The molecule has 1 aliphatic rings. The van der Waals surface area contributed by atoms with Crippen LogP contribution in [0, 0.1) is 0 Å². The summed E-state index contributed by atoms with van der Waals surface area (Å²) in [5, 5.41) is 3.15. The van der Waals surface area contributed by atoms with Crippen LogP contribution in [0.2, 0.25) is 0 Å². The van der Waals surface area contributed by atoms with Crippen LogP contribution in [-0.2, 0) is 9.59 Å². The third-order valence-corrected chi connectivity index (χ3v) is 3.45. The molecule has 1 aliphatic heterocycles. The molecule has 0 aromatic heterocycles. The summed E-state index contributed by atoms with van der Waals surface area (Å²) in [4.78, 5) is 28.1. The van der Waals surface area contributed by atoms with Crippen LogP contribution in [0.5, 0.6) is 0 Å². The van der Waals surface area contributed by atoms with Gasteiger partial charge in [-0.15, -0.1) is 19.0 Å². The number of amides is 2. The Hall–Kier alpha value is -1.07. The van der Waals surface area contributed by atoms with Crippen molar-refractivity contribution in [3.05, 3.63) is 12.7 Å². The predicted molar refractivity (Wildman–Crippen MR) is 87.6 cm³/mol. The first-order valence-corrected chi connectivity index (χ1v) is 7.54. The van der Waals surface area contributed by atoms with E-state index in [1.807, 2.05) is 4.90 Å². The molecule has 1 unspecified atom stereocenters. The molecular weight excluding hydrogens is 290 g/mol. The van der Waals surface area contributed by atoms with E-state index in [0.717, 1.165) is 32.5 Å². The van der Waals surface area contributed by atoms with E-state index < -0.39 is 0 Å². The van der Waals surface area contributed by atoms with E-state index >= 15 is 0 Å². The molecule has 0 bridgehead atoms. The number of nitrogens with zero attached hydrogens (tertiary/aromatic N) is 2. The second kappa shape index (κ2) is 10.6. The Morgan fingerprint density at radius 2 is 2.05 bits per heavy atom. The van der Waals surface area contributed by atoms with Gasteiger partial charge in [0.15, 0.2) is 0 Å². The number of hydrogen-bond donors (Lipinski definition) is 1. The fraction of sp³-hybridized carbons (Fsp3) is 0.733. The third kappa shape index (κ3) is 6.06. The van der Waals surface area contributed by atoms with Gasteiger partial charge in [0, 0.05) is 32.7 Å². The van der Waals surface area contributed by atoms with Crippen LogP contribution in [0.3, 0.4) is 0 Å². The molecule has 5 nitrogen and oxygen atoms in total. The Balaban J connectivity index is 0.00000400. The summed E-state index contributed by atoms with van der Waals surface area (Å²) in [6, 6.07) is -0.382. The molecule has 2 amide bonds. The van der Waals surface area contributed by atoms with Crippen LogP contribution >= 0.6 is 12.4 Å². The SMILES string of the molecule is C=CCN1CCNC(CC(=O)N(CCC)CCC)C1=O.Cl. The van der Waals surface area contributed by atoms with Crippen molar-refractivity contribution in [2.75, 3.05) is 32.7 Å². The fourth-order valence-corrected chi connectivity index (χ4v) is 2.49. The molecule has 0 saturated carbocycles. The van der Waals surface area contributed by atoms with Gasteiger partial charge < -0.3 is 15.1 Å². The van der Waals surface area contributed by atoms with E-state index in [4.69, 9.17) is 0 Å². The lowest BCUT2D eigenvalue weighted by atomic mass is 10.1. The molecule has 0 spiro atoms. The number of hydrogen-bond acceptors (Lipinski definition) is 3. The Morgan fingerprint density at radius 3 is 2.57 bits per heavy atom. The second-order valence-electron chi connectivity index (χ2n) is 5.16. The maximum Gasteiger partial charge on any atom is 0.240 e. The molecule has 1 atom stereocenters. The Kier molecular flexibility index (Phi) is 10.1. The van der Waals surface area contributed by atoms with E-state index in [2.05, 4.69) is 25.7 Å². The molecule has 1 saturated heterocycles. The maximum absolute atomic E-state index is 12.3. The van der Waals surface area contributed by atoms with Crippen LogP contribution in [-0.4, -0.2) is 60.4 Å². The van der Waals surface area contributed by atoms with Crippen molar-refractivity contribution < 1.29 is 9.59 Å². The number of carbonyl (C=O) groups is 2. The van der Waals surface area contributed by atoms with Gasteiger partial charge in [0.05, 0.1) is 12.5 Å². The minimum atomic E-state index is -0.382. The van der Waals surface area contributed by atoms with Crippen molar-refractivity contribution in [1.29, 1.82) is 0 Å². The zero-order valence-corrected chi connectivity index (χ0v) is 14.0. The van der Waals surface area contributed by atoms with E-state index in [0.29, 0.717) is 13.1 Å². The van der Waals surface area contributed by atoms with Gasteiger partial charge in [0.25, 0.3) is 0 Å². The van der Waals surface area contributed by atoms with E-state index in [1.54, 1.807) is 11.0 Å². The van der Waals surface area contributed by atoms with Crippen molar-refractivity contribution >= 4 is 24.2 Å². The van der Waals surface area contributed by atoms with Gasteiger partial charge in [-0.1, -0.05) is 19.9 Å². The summed E-state index contributed by atoms with van der Waals surface area (Å²) in [7, 11) is 0. The molecule has 21 heavy (non-hydrogen) atoms. The minimum Gasteiger partial charge on any atom is -0.343 e. The zero-order valence-electron chi connectivity index (χ0n) is 13.1. The van der Waals surface area contributed by atoms with Crippen molar-refractivity contribution in [1.82, 2.24) is 15.1 Å². The summed E-state index contributed by atoms with van der Waals surface area (Å²) in [6.07, 6.45) is 3.87. The minimum absolute atomic E-state index is 0. The molecule has 0 aromatic rings. The van der Waals surface area contributed by atoms with Crippen molar-refractivity contribution in [2.24, 2.45) is 0 Å². The first kappa shape index (κ1) is 19.9. The highest BCUT2D eigenvalue weighted by Crippen LogP contribution is 2.08. The summed E-state index contributed by atoms with van der Waals surface area (Å²) < 4.78 is 0. The van der Waals surface area contributed by atoms with Crippen LogP contribution in [0.15, 0.2) is 12.7 Å². The standard InChI is InChI=1S/C15H27N3O2.ClH/c1-4-8-17(9-5-2)14(19)12-13-15(20)18(10-6-3)11-7-16-13;/h6,13,16H,3-5,7-12H2,1-2H3;1H. The average molecular weight is 318 g/mol. The van der Waals surface area contributed by atoms with E-state index in [-0.39, 0.29) is 36.7 Å². The normalized spacial score (nSPS) is 18.1. The summed E-state index contributed by atoms with van der Waals surface area (Å²) in [5.41, 5.74) is 0. The van der Waals surface area contributed by atoms with Gasteiger partial charge in [-0.3, -0.25) is 9.59 Å². The monoisotopic (exact) mass is 317 g/mol. The molecule has 1 fully saturated rings. The highest BCUT2D eigenvalue weighted by atomic mass is 35.5. The van der Waals surface area contributed by atoms with Gasteiger partial charge in [-0.2, -0.15) is 0 Å². The van der Waals surface area contributed by atoms with Gasteiger partial charge >= 0.3 is 0 Å². The highest BCUT2D eigenvalue weighted by Gasteiger charge is 2.30. The number of nitrogens with one attached hydrogen (secondary N) is 1. The molecule has 1 rings (SSSR count). The molecular formula is C15H28ClN3O2. The van der Waals surface area contributed by atoms with Crippen LogP contribution < -0.4 is 5.32 Å². The van der Waals surface area contributed by atoms with Crippen LogP contribution in [0.4, 0.5) is 0 Å². The largest absolute Gasteiger partial charge is 0.343 e. The molecule has 1 N–H and O–H groups in total. The van der Waals surface area contributed by atoms with Crippen LogP contribution in [0.25, 0.3) is 0 Å². The van der Waals surface area contributed by atoms with Crippen LogP contribution in [0.1, 0.15) is 33.1 Å². The molecule has 6 heteroatoms. The van der Waals surface area contributed by atoms with E-state index in [1.165, 1.54) is 0 Å². The topological polar surface area (TPSA) is 52.7 Å². The summed E-state index contributed by atoms with van der Waals surface area (Å²) in [5.74, 6) is 0.0810. The van der Waals surface area contributed by atoms with Gasteiger partial charge in [0.2, 0.25) is 11.8 Å². The average Bonchev–Trinajstić information content (AvgIpc) is 2.43. The van der Waals surface area contributed by atoms with Gasteiger partial charge in [-0.25, -0.2) is 0 Å². The number of piperazine rings is 1. The molecule has 1 heterocycles. The Bertz CT molecular complexity index is 344. The van der Waals surface area contributed by atoms with Crippen molar-refractivity contribution in [3.8, 4) is 0 Å². The first-order chi connectivity index (χ1) is 9.63. The van der Waals surface area contributed by atoms with Crippen molar-refractivity contribution in [3.63, 3.8) is 0 Å². The highest BCUT2D eigenvalue weighted by molar-refractivity contribution is 5.89. The zero-order chi connectivity index (χ0) is 15.0. The molecule has 0 aliphatic carbocycles. The lowest BCUT2D eigenvalue weighted by molar-refractivity contribution is -0.140. The molecule has 0 aromatic carbocycles. The smallest absolute Gasteiger partial charge is 0.240 e. The van der Waals surface area contributed by atoms with Gasteiger partial charge in [-0.05, 0) is 12.8 Å². The predicted octanol–water partition coefficient (Wildman–Crippen LogP) is 1.43. The van der Waals surface area contributed by atoms with Crippen molar-refractivity contribution in [2.45, 2.75) is 39.2 Å². The fourth-order valence-electron chi connectivity index (χ4n) is 2.49. The quantitative estimate of drug-likeness (QED) is 0.689. The van der Waals surface area contributed by atoms with E-state index in [9.17, 15) is 9.59 Å². The molecule has 122 valence electrons. The maximum atomic E-state index is 12.3.